The molecule has 0 fully saturated rings. The first-order valence-corrected chi connectivity index (χ1v) is 6.87. The van der Waals surface area contributed by atoms with Crippen molar-refractivity contribution in [1.29, 1.82) is 0 Å². The number of carbonyl (C=O) groups excluding carboxylic acids is 3. The van der Waals surface area contributed by atoms with E-state index in [1.807, 2.05) is 0 Å². The van der Waals surface area contributed by atoms with Gasteiger partial charge in [0.05, 0.1) is 0 Å². The monoisotopic (exact) mass is 471 g/mol. The van der Waals surface area contributed by atoms with Gasteiger partial charge in [0.25, 0.3) is 0 Å². The molecule has 0 aromatic carbocycles. The molecule has 3 aromatic heterocycles. The van der Waals surface area contributed by atoms with Crippen molar-refractivity contribution in [2.24, 2.45) is 0 Å². The van der Waals surface area contributed by atoms with Gasteiger partial charge < -0.3 is 29.7 Å². The maximum Gasteiger partial charge on any atom is 3.00 e. The van der Waals surface area contributed by atoms with Crippen molar-refractivity contribution in [2.45, 2.75) is 0 Å². The molecule has 0 saturated heterocycles. The van der Waals surface area contributed by atoms with Crippen LogP contribution in [0.15, 0.2) is 55.4 Å². The van der Waals surface area contributed by atoms with Gasteiger partial charge in [-0.3, -0.25) is 0 Å². The van der Waals surface area contributed by atoms with Gasteiger partial charge in [0.2, 0.25) is 0 Å². The number of aromatic carboxylic acids is 3. The van der Waals surface area contributed by atoms with Gasteiger partial charge in [-0.05, 0) is 18.2 Å². The number of rotatable bonds is 3. The molecule has 3 aromatic rings. The van der Waals surface area contributed by atoms with Crippen molar-refractivity contribution in [1.82, 2.24) is 29.9 Å². The van der Waals surface area contributed by atoms with Crippen molar-refractivity contribution in [3.63, 3.8) is 0 Å². The summed E-state index contributed by atoms with van der Waals surface area (Å²) in [5, 5.41) is 29.9. The summed E-state index contributed by atoms with van der Waals surface area (Å²) in [4.78, 5) is 50.3. The van der Waals surface area contributed by atoms with Crippen molar-refractivity contribution in [2.75, 3.05) is 0 Å². The van der Waals surface area contributed by atoms with Crippen molar-refractivity contribution in [3.05, 3.63) is 72.9 Å². The molecule has 0 aliphatic heterocycles. The zero-order chi connectivity index (χ0) is 20.1. The molecule has 0 unspecified atom stereocenters. The zero-order valence-electron chi connectivity index (χ0n) is 13.7. The first-order chi connectivity index (χ1) is 12.9. The van der Waals surface area contributed by atoms with Crippen LogP contribution in [0.5, 0.6) is 0 Å². The molecule has 13 heteroatoms. The van der Waals surface area contributed by atoms with Crippen LogP contribution >= 0.6 is 0 Å². The van der Waals surface area contributed by atoms with E-state index in [4.69, 9.17) is 0 Å². The molecular weight excluding hydrogens is 461 g/mol. The number of hydrogen-bond acceptors (Lipinski definition) is 12. The number of nitrogens with zero attached hydrogens (tertiary/aromatic N) is 6. The SMILES string of the molecule is O=C([O-])c1ncccn1.O=C([O-])c1ncccn1.O=C([O-])c1ncccn1.[Ru+3]. The minimum atomic E-state index is -1.35. The van der Waals surface area contributed by atoms with Gasteiger partial charge in [0.1, 0.15) is 17.9 Å². The minimum absolute atomic E-state index is 0. The molecule has 3 heterocycles. The summed E-state index contributed by atoms with van der Waals surface area (Å²) < 4.78 is 0. The van der Waals surface area contributed by atoms with Gasteiger partial charge in [-0.15, -0.1) is 0 Å². The van der Waals surface area contributed by atoms with E-state index < -0.39 is 17.9 Å². The van der Waals surface area contributed by atoms with E-state index in [-0.39, 0.29) is 37.0 Å². The number of carboxylic acid groups (broad SMARTS) is 3. The standard InChI is InChI=1S/3C5H4N2O2.Ru/c3*8-5(9)4-6-2-1-3-7-4;/h3*1-3H,(H,8,9);/q;;;+3/p-3. The molecule has 0 saturated carbocycles. The quantitative estimate of drug-likeness (QED) is 0.343. The third kappa shape index (κ3) is 9.68. The van der Waals surface area contributed by atoms with E-state index >= 15 is 0 Å². The van der Waals surface area contributed by atoms with Crippen LogP contribution in [-0.2, 0) is 19.5 Å². The summed E-state index contributed by atoms with van der Waals surface area (Å²) in [5.41, 5.74) is 0. The Balaban J connectivity index is 0.000000384. The molecule has 0 aliphatic carbocycles. The molecular formula is C15H9N6O6Ru. The predicted octanol–water partition coefficient (Wildman–Crippen LogP) is -3.48. The summed E-state index contributed by atoms with van der Waals surface area (Å²) in [7, 11) is 0. The van der Waals surface area contributed by atoms with E-state index in [0.29, 0.717) is 0 Å². The summed E-state index contributed by atoms with van der Waals surface area (Å²) in [6.45, 7) is 0. The third-order valence-electron chi connectivity index (χ3n) is 2.25. The van der Waals surface area contributed by atoms with E-state index in [2.05, 4.69) is 29.9 Å². The largest absolute Gasteiger partial charge is 3.00 e. The van der Waals surface area contributed by atoms with Gasteiger partial charge in [0.15, 0.2) is 17.5 Å². The Labute approximate surface area is 170 Å². The zero-order valence-corrected chi connectivity index (χ0v) is 15.4. The molecule has 0 aliphatic rings. The van der Waals surface area contributed by atoms with Crippen LogP contribution in [0, 0.1) is 0 Å². The van der Waals surface area contributed by atoms with E-state index in [1.165, 1.54) is 55.4 Å². The Morgan fingerprint density at radius 3 is 0.786 bits per heavy atom. The van der Waals surface area contributed by atoms with E-state index in [9.17, 15) is 29.7 Å². The van der Waals surface area contributed by atoms with Crippen LogP contribution in [0.4, 0.5) is 0 Å². The molecule has 0 spiro atoms. The number of hydrogen-bond donors (Lipinski definition) is 0. The van der Waals surface area contributed by atoms with Crippen molar-refractivity contribution in [3.8, 4) is 0 Å². The average molecular weight is 470 g/mol. The molecule has 28 heavy (non-hydrogen) atoms. The van der Waals surface area contributed by atoms with Gasteiger partial charge in [-0.25, -0.2) is 29.9 Å². The second-order valence-corrected chi connectivity index (χ2v) is 4.08. The van der Waals surface area contributed by atoms with Crippen LogP contribution in [-0.4, -0.2) is 47.8 Å². The fourth-order valence-corrected chi connectivity index (χ4v) is 1.21. The fourth-order valence-electron chi connectivity index (χ4n) is 1.21. The Kier molecular flexibility index (Phi) is 11.7. The third-order valence-corrected chi connectivity index (χ3v) is 2.25. The van der Waals surface area contributed by atoms with Gasteiger partial charge in [0, 0.05) is 37.2 Å². The van der Waals surface area contributed by atoms with Crippen LogP contribution in [0.1, 0.15) is 31.9 Å². The molecule has 0 N–H and O–H groups in total. The van der Waals surface area contributed by atoms with Crippen LogP contribution in [0.3, 0.4) is 0 Å². The molecule has 143 valence electrons. The molecule has 0 bridgehead atoms. The van der Waals surface area contributed by atoms with Crippen LogP contribution in [0.25, 0.3) is 0 Å². The van der Waals surface area contributed by atoms with Gasteiger partial charge in [-0.2, -0.15) is 0 Å². The average Bonchev–Trinajstić information content (AvgIpc) is 2.71. The molecule has 0 atom stereocenters. The number of carboxylic acids is 3. The molecule has 0 amide bonds. The number of aromatic nitrogens is 6. The summed E-state index contributed by atoms with van der Waals surface area (Å²) in [6.07, 6.45) is 8.07. The van der Waals surface area contributed by atoms with Gasteiger partial charge >= 0.3 is 19.5 Å². The fraction of sp³-hybridized carbons (Fsp3) is 0. The summed E-state index contributed by atoms with van der Waals surface area (Å²) in [6, 6.07) is 4.60. The Morgan fingerprint density at radius 1 is 0.500 bits per heavy atom. The predicted molar refractivity (Wildman–Crippen MR) is 79.1 cm³/mol. The summed E-state index contributed by atoms with van der Waals surface area (Å²) >= 11 is 0. The van der Waals surface area contributed by atoms with Crippen molar-refractivity contribution >= 4 is 17.9 Å². The van der Waals surface area contributed by atoms with E-state index in [0.717, 1.165) is 0 Å². The normalized spacial score (nSPS) is 8.57. The number of carbonyl (C=O) groups is 3. The Morgan fingerprint density at radius 2 is 0.679 bits per heavy atom. The smallest absolute Gasteiger partial charge is 0.542 e. The first-order valence-electron chi connectivity index (χ1n) is 6.87. The second kappa shape index (κ2) is 13.5. The maximum atomic E-state index is 9.96. The molecule has 1 radical (unpaired) electrons. The molecule has 12 nitrogen and oxygen atoms in total. The van der Waals surface area contributed by atoms with Crippen molar-refractivity contribution < 1.29 is 49.2 Å². The van der Waals surface area contributed by atoms with Gasteiger partial charge in [-0.1, -0.05) is 0 Å². The molecule has 3 rings (SSSR count). The summed E-state index contributed by atoms with van der Waals surface area (Å²) in [5.74, 6) is -4.89. The van der Waals surface area contributed by atoms with Crippen LogP contribution in [0.2, 0.25) is 0 Å². The Hall–Kier alpha value is -3.73. The Bertz CT molecular complexity index is 752. The van der Waals surface area contributed by atoms with Crippen LogP contribution < -0.4 is 15.3 Å². The van der Waals surface area contributed by atoms with E-state index in [1.54, 1.807) is 0 Å². The first kappa shape index (κ1) is 24.3. The maximum absolute atomic E-state index is 9.96. The minimum Gasteiger partial charge on any atom is -0.542 e. The topological polar surface area (TPSA) is 198 Å². The second-order valence-electron chi connectivity index (χ2n) is 4.08.